The van der Waals surface area contributed by atoms with E-state index < -0.39 is 11.0 Å². The number of nitrogens with one attached hydrogen (secondary N) is 1. The van der Waals surface area contributed by atoms with Gasteiger partial charge in [0.1, 0.15) is 0 Å². The monoisotopic (exact) mass is 263 g/mol. The van der Waals surface area contributed by atoms with Gasteiger partial charge >= 0.3 is 0 Å². The van der Waals surface area contributed by atoms with Crippen LogP contribution in [-0.4, -0.2) is 26.2 Å². The summed E-state index contributed by atoms with van der Waals surface area (Å²) in [5.41, 5.74) is -0.0168. The van der Waals surface area contributed by atoms with Crippen LogP contribution in [0.2, 0.25) is 0 Å². The van der Waals surface area contributed by atoms with Crippen LogP contribution >= 0.6 is 0 Å². The Bertz CT molecular complexity index is 253. The van der Waals surface area contributed by atoms with Crippen LogP contribution in [0.15, 0.2) is 0 Å². The zero-order valence-electron chi connectivity index (χ0n) is 12.3. The van der Waals surface area contributed by atoms with E-state index in [1.165, 1.54) is 0 Å². The average molecular weight is 263 g/mol. The lowest BCUT2D eigenvalue weighted by Crippen LogP contribution is -2.47. The molecule has 104 valence electrons. The Hall–Kier alpha value is 0.0700. The molecule has 0 fully saturated rings. The first-order chi connectivity index (χ1) is 7.48. The van der Waals surface area contributed by atoms with Crippen molar-refractivity contribution < 1.29 is 9.32 Å². The summed E-state index contributed by atoms with van der Waals surface area (Å²) in [6.07, 6.45) is 1.04. The summed E-state index contributed by atoms with van der Waals surface area (Å²) in [6.45, 7) is 14.1. The Kier molecular flexibility index (Phi) is 6.33. The molecule has 0 aliphatic rings. The maximum Gasteiger partial charge on any atom is 0.0972 e. The van der Waals surface area contributed by atoms with E-state index in [2.05, 4.69) is 25.5 Å². The molecule has 0 rings (SSSR count). The van der Waals surface area contributed by atoms with Gasteiger partial charge in [-0.25, -0.2) is 8.93 Å². The Labute approximate surface area is 109 Å². The van der Waals surface area contributed by atoms with Gasteiger partial charge in [0.25, 0.3) is 0 Å². The molecule has 0 saturated carbocycles. The Morgan fingerprint density at radius 2 is 1.65 bits per heavy atom. The van der Waals surface area contributed by atoms with Crippen molar-refractivity contribution in [3.63, 3.8) is 0 Å². The second-order valence-corrected chi connectivity index (χ2v) is 8.71. The number of aliphatic hydroxyl groups is 1. The molecule has 0 aromatic rings. The molecule has 0 heterocycles. The Morgan fingerprint density at radius 1 is 1.18 bits per heavy atom. The quantitative estimate of drug-likeness (QED) is 0.801. The summed E-state index contributed by atoms with van der Waals surface area (Å²) in [7, 11) is -1.09. The van der Waals surface area contributed by atoms with Crippen molar-refractivity contribution in [2.75, 3.05) is 0 Å². The first-order valence-electron chi connectivity index (χ1n) is 6.34. The van der Waals surface area contributed by atoms with E-state index >= 15 is 0 Å². The lowest BCUT2D eigenvalue weighted by Gasteiger charge is -2.34. The highest BCUT2D eigenvalue weighted by Gasteiger charge is 2.31. The topological polar surface area (TPSA) is 49.3 Å². The molecule has 0 unspecified atom stereocenters. The molecule has 0 aromatic carbocycles. The zero-order valence-corrected chi connectivity index (χ0v) is 13.1. The van der Waals surface area contributed by atoms with Crippen LogP contribution in [0.5, 0.6) is 0 Å². The van der Waals surface area contributed by atoms with Crippen molar-refractivity contribution in [2.24, 2.45) is 5.41 Å². The van der Waals surface area contributed by atoms with Gasteiger partial charge in [-0.1, -0.05) is 27.7 Å². The van der Waals surface area contributed by atoms with Gasteiger partial charge in [-0.05, 0) is 39.0 Å². The third-order valence-corrected chi connectivity index (χ3v) is 4.44. The molecule has 0 saturated heterocycles. The average Bonchev–Trinajstić information content (AvgIpc) is 2.13. The van der Waals surface area contributed by atoms with Crippen LogP contribution in [0.1, 0.15) is 61.3 Å². The van der Waals surface area contributed by atoms with E-state index in [-0.39, 0.29) is 22.3 Å². The fourth-order valence-corrected chi connectivity index (χ4v) is 2.38. The molecular formula is C13H29NO2S. The SMILES string of the molecule is CC[C@@H](O)C[C@H](N[S@](=O)C(C)(C)C)C(C)(C)C. The van der Waals surface area contributed by atoms with Gasteiger partial charge in [0, 0.05) is 6.04 Å². The largest absolute Gasteiger partial charge is 0.393 e. The first-order valence-corrected chi connectivity index (χ1v) is 7.49. The molecule has 4 heteroatoms. The van der Waals surface area contributed by atoms with Crippen molar-refractivity contribution in [1.82, 2.24) is 4.72 Å². The molecule has 0 aliphatic heterocycles. The van der Waals surface area contributed by atoms with E-state index in [0.29, 0.717) is 6.42 Å². The van der Waals surface area contributed by atoms with E-state index in [4.69, 9.17) is 0 Å². The second kappa shape index (κ2) is 6.30. The van der Waals surface area contributed by atoms with Gasteiger partial charge in [-0.2, -0.15) is 0 Å². The van der Waals surface area contributed by atoms with Crippen LogP contribution < -0.4 is 4.72 Å². The first kappa shape index (κ1) is 17.1. The molecule has 3 atom stereocenters. The summed E-state index contributed by atoms with van der Waals surface area (Å²) >= 11 is 0. The summed E-state index contributed by atoms with van der Waals surface area (Å²) in [6, 6.07) is 0.0532. The Morgan fingerprint density at radius 3 is 1.94 bits per heavy atom. The van der Waals surface area contributed by atoms with Crippen LogP contribution in [0.25, 0.3) is 0 Å². The minimum atomic E-state index is -1.09. The van der Waals surface area contributed by atoms with Crippen molar-refractivity contribution in [1.29, 1.82) is 0 Å². The summed E-state index contributed by atoms with van der Waals surface area (Å²) in [4.78, 5) is 0. The highest BCUT2D eigenvalue weighted by atomic mass is 32.2. The van der Waals surface area contributed by atoms with Gasteiger partial charge in [-0.15, -0.1) is 0 Å². The molecule has 0 aromatic heterocycles. The smallest absolute Gasteiger partial charge is 0.0972 e. The van der Waals surface area contributed by atoms with Gasteiger partial charge in [0.05, 0.1) is 21.8 Å². The lowest BCUT2D eigenvalue weighted by atomic mass is 9.84. The van der Waals surface area contributed by atoms with Crippen molar-refractivity contribution >= 4 is 11.0 Å². The van der Waals surface area contributed by atoms with Crippen LogP contribution in [0.3, 0.4) is 0 Å². The molecule has 0 aliphatic carbocycles. The third kappa shape index (κ3) is 6.53. The molecule has 0 bridgehead atoms. The van der Waals surface area contributed by atoms with Crippen LogP contribution in [0, 0.1) is 5.41 Å². The number of hydrogen-bond donors (Lipinski definition) is 2. The third-order valence-electron chi connectivity index (χ3n) is 2.83. The number of aliphatic hydroxyl groups excluding tert-OH is 1. The van der Waals surface area contributed by atoms with Crippen molar-refractivity contribution in [3.8, 4) is 0 Å². The maximum absolute atomic E-state index is 12.1. The minimum absolute atomic E-state index is 0.0168. The summed E-state index contributed by atoms with van der Waals surface area (Å²) in [5.74, 6) is 0. The number of hydrogen-bond acceptors (Lipinski definition) is 2. The zero-order chi connectivity index (χ0) is 13.9. The van der Waals surface area contributed by atoms with Gasteiger partial charge in [0.15, 0.2) is 0 Å². The normalized spacial score (nSPS) is 18.8. The maximum atomic E-state index is 12.1. The standard InChI is InChI=1S/C13H29NO2S/c1-8-10(15)9-11(12(2,3)4)14-17(16)13(5,6)7/h10-11,14-15H,8-9H2,1-7H3/t10-,11+,17-/m1/s1. The molecule has 0 amide bonds. The van der Waals surface area contributed by atoms with E-state index in [1.54, 1.807) is 0 Å². The fraction of sp³-hybridized carbons (Fsp3) is 1.00. The van der Waals surface area contributed by atoms with Gasteiger partial charge in [-0.3, -0.25) is 0 Å². The minimum Gasteiger partial charge on any atom is -0.393 e. The molecule has 17 heavy (non-hydrogen) atoms. The van der Waals surface area contributed by atoms with Gasteiger partial charge < -0.3 is 5.11 Å². The summed E-state index contributed by atoms with van der Waals surface area (Å²) < 4.78 is 15.0. The lowest BCUT2D eigenvalue weighted by molar-refractivity contribution is 0.124. The predicted molar refractivity (Wildman–Crippen MR) is 75.2 cm³/mol. The highest BCUT2D eigenvalue weighted by molar-refractivity contribution is 7.84. The van der Waals surface area contributed by atoms with Crippen molar-refractivity contribution in [3.05, 3.63) is 0 Å². The number of rotatable bonds is 5. The fourth-order valence-electron chi connectivity index (χ4n) is 1.32. The van der Waals surface area contributed by atoms with Crippen LogP contribution in [0.4, 0.5) is 0 Å². The van der Waals surface area contributed by atoms with E-state index in [9.17, 15) is 9.32 Å². The molecular weight excluding hydrogens is 234 g/mol. The molecule has 3 nitrogen and oxygen atoms in total. The Balaban J connectivity index is 4.68. The molecule has 2 N–H and O–H groups in total. The van der Waals surface area contributed by atoms with E-state index in [1.807, 2.05) is 27.7 Å². The molecule has 0 radical (unpaired) electrons. The van der Waals surface area contributed by atoms with Gasteiger partial charge in [0.2, 0.25) is 0 Å². The van der Waals surface area contributed by atoms with E-state index in [0.717, 1.165) is 6.42 Å². The second-order valence-electron chi connectivity index (χ2n) is 6.72. The molecule has 0 spiro atoms. The summed E-state index contributed by atoms with van der Waals surface area (Å²) in [5, 5.41) is 9.77. The van der Waals surface area contributed by atoms with Crippen molar-refractivity contribution in [2.45, 2.75) is 78.2 Å². The van der Waals surface area contributed by atoms with Crippen LogP contribution in [-0.2, 0) is 11.0 Å². The predicted octanol–water partition coefficient (Wildman–Crippen LogP) is 2.61. The highest BCUT2D eigenvalue weighted by Crippen LogP contribution is 2.25.